The van der Waals surface area contributed by atoms with E-state index in [1.807, 2.05) is 6.20 Å². The van der Waals surface area contributed by atoms with E-state index in [9.17, 15) is 0 Å². The SMILES string of the molecule is CN(C)CCCNc1ncc(CN)s1. The van der Waals surface area contributed by atoms with Crippen molar-refractivity contribution in [2.75, 3.05) is 32.5 Å². The van der Waals surface area contributed by atoms with Crippen LogP contribution in [0.1, 0.15) is 11.3 Å². The summed E-state index contributed by atoms with van der Waals surface area (Å²) in [6.45, 7) is 2.65. The number of rotatable bonds is 6. The Labute approximate surface area is 89.1 Å². The van der Waals surface area contributed by atoms with Crippen LogP contribution in [-0.2, 0) is 6.54 Å². The van der Waals surface area contributed by atoms with Crippen molar-refractivity contribution >= 4 is 16.5 Å². The third kappa shape index (κ3) is 4.04. The summed E-state index contributed by atoms with van der Waals surface area (Å²) in [7, 11) is 4.16. The van der Waals surface area contributed by atoms with Gasteiger partial charge in [-0.3, -0.25) is 0 Å². The van der Waals surface area contributed by atoms with Gasteiger partial charge in [-0.15, -0.1) is 11.3 Å². The molecule has 0 fully saturated rings. The summed E-state index contributed by atoms with van der Waals surface area (Å²) in [5, 5.41) is 4.26. The van der Waals surface area contributed by atoms with Crippen LogP contribution in [0.3, 0.4) is 0 Å². The molecule has 14 heavy (non-hydrogen) atoms. The molecular weight excluding hydrogens is 196 g/mol. The van der Waals surface area contributed by atoms with E-state index in [0.717, 1.165) is 29.5 Å². The van der Waals surface area contributed by atoms with Crippen LogP contribution in [0.4, 0.5) is 5.13 Å². The molecule has 80 valence electrons. The van der Waals surface area contributed by atoms with E-state index in [0.29, 0.717) is 6.54 Å². The van der Waals surface area contributed by atoms with Crippen LogP contribution >= 0.6 is 11.3 Å². The van der Waals surface area contributed by atoms with E-state index >= 15 is 0 Å². The molecule has 1 heterocycles. The molecule has 4 nitrogen and oxygen atoms in total. The molecule has 3 N–H and O–H groups in total. The highest BCUT2D eigenvalue weighted by atomic mass is 32.1. The van der Waals surface area contributed by atoms with Gasteiger partial charge in [0.2, 0.25) is 0 Å². The second-order valence-electron chi connectivity index (χ2n) is 3.42. The summed E-state index contributed by atoms with van der Waals surface area (Å²) in [6.07, 6.45) is 2.96. The smallest absolute Gasteiger partial charge is 0.182 e. The fourth-order valence-corrected chi connectivity index (χ4v) is 1.79. The second kappa shape index (κ2) is 5.95. The van der Waals surface area contributed by atoms with Gasteiger partial charge in [0, 0.05) is 24.2 Å². The quantitative estimate of drug-likeness (QED) is 0.693. The topological polar surface area (TPSA) is 54.2 Å². The Morgan fingerprint density at radius 3 is 2.93 bits per heavy atom. The Hall–Kier alpha value is -0.650. The zero-order chi connectivity index (χ0) is 10.4. The molecule has 0 atom stereocenters. The average molecular weight is 214 g/mol. The Morgan fingerprint density at radius 1 is 1.57 bits per heavy atom. The maximum Gasteiger partial charge on any atom is 0.182 e. The molecule has 1 rings (SSSR count). The average Bonchev–Trinajstić information content (AvgIpc) is 2.60. The van der Waals surface area contributed by atoms with Crippen molar-refractivity contribution in [1.82, 2.24) is 9.88 Å². The van der Waals surface area contributed by atoms with Crippen LogP contribution in [0.15, 0.2) is 6.20 Å². The Morgan fingerprint density at radius 2 is 2.36 bits per heavy atom. The molecule has 0 aliphatic carbocycles. The van der Waals surface area contributed by atoms with Crippen LogP contribution in [-0.4, -0.2) is 37.1 Å². The normalized spacial score (nSPS) is 10.9. The molecular formula is C9H18N4S. The minimum absolute atomic E-state index is 0.580. The number of aromatic nitrogens is 1. The van der Waals surface area contributed by atoms with Gasteiger partial charge in [-0.05, 0) is 27.1 Å². The third-order valence-electron chi connectivity index (χ3n) is 1.81. The van der Waals surface area contributed by atoms with Gasteiger partial charge in [-0.1, -0.05) is 0 Å². The Balaban J connectivity index is 2.18. The van der Waals surface area contributed by atoms with Crippen molar-refractivity contribution in [3.05, 3.63) is 11.1 Å². The molecule has 0 unspecified atom stereocenters. The van der Waals surface area contributed by atoms with Gasteiger partial charge in [0.15, 0.2) is 5.13 Å². The zero-order valence-electron chi connectivity index (χ0n) is 8.79. The molecule has 5 heteroatoms. The Kier molecular flexibility index (Phi) is 4.86. The van der Waals surface area contributed by atoms with Gasteiger partial charge in [0.05, 0.1) is 0 Å². The monoisotopic (exact) mass is 214 g/mol. The second-order valence-corrected chi connectivity index (χ2v) is 4.53. The van der Waals surface area contributed by atoms with Crippen molar-refractivity contribution in [3.63, 3.8) is 0 Å². The first kappa shape index (κ1) is 11.4. The molecule has 1 aromatic rings. The van der Waals surface area contributed by atoms with Crippen molar-refractivity contribution in [2.45, 2.75) is 13.0 Å². The number of nitrogens with two attached hydrogens (primary N) is 1. The van der Waals surface area contributed by atoms with Crippen LogP contribution in [0, 0.1) is 0 Å². The first-order valence-electron chi connectivity index (χ1n) is 4.75. The van der Waals surface area contributed by atoms with E-state index in [1.165, 1.54) is 0 Å². The van der Waals surface area contributed by atoms with Gasteiger partial charge < -0.3 is 16.0 Å². The number of anilines is 1. The maximum atomic E-state index is 5.49. The number of thiazole rings is 1. The van der Waals surface area contributed by atoms with Crippen molar-refractivity contribution in [2.24, 2.45) is 5.73 Å². The lowest BCUT2D eigenvalue weighted by atomic mass is 10.4. The minimum Gasteiger partial charge on any atom is -0.361 e. The molecule has 0 saturated heterocycles. The zero-order valence-corrected chi connectivity index (χ0v) is 9.60. The summed E-state index contributed by atoms with van der Waals surface area (Å²) in [5.74, 6) is 0. The molecule has 0 aliphatic heterocycles. The summed E-state index contributed by atoms with van der Waals surface area (Å²) < 4.78 is 0. The third-order valence-corrected chi connectivity index (χ3v) is 2.79. The highest BCUT2D eigenvalue weighted by molar-refractivity contribution is 7.15. The lowest BCUT2D eigenvalue weighted by Gasteiger charge is -2.08. The molecule has 0 bridgehead atoms. The van der Waals surface area contributed by atoms with Gasteiger partial charge in [0.25, 0.3) is 0 Å². The van der Waals surface area contributed by atoms with Crippen LogP contribution < -0.4 is 11.1 Å². The minimum atomic E-state index is 0.580. The summed E-state index contributed by atoms with van der Waals surface area (Å²) in [4.78, 5) is 7.52. The molecule has 0 radical (unpaired) electrons. The predicted molar refractivity (Wildman–Crippen MR) is 61.7 cm³/mol. The molecule has 0 amide bonds. The summed E-state index contributed by atoms with van der Waals surface area (Å²) in [5.41, 5.74) is 5.49. The van der Waals surface area contributed by atoms with Crippen molar-refractivity contribution in [1.29, 1.82) is 0 Å². The van der Waals surface area contributed by atoms with E-state index in [-0.39, 0.29) is 0 Å². The molecule has 0 spiro atoms. The molecule has 0 saturated carbocycles. The molecule has 0 aromatic carbocycles. The number of nitrogens with one attached hydrogen (secondary N) is 1. The lowest BCUT2D eigenvalue weighted by Crippen LogP contribution is -2.16. The van der Waals surface area contributed by atoms with Gasteiger partial charge in [-0.2, -0.15) is 0 Å². The predicted octanol–water partition coefficient (Wildman–Crippen LogP) is 0.965. The van der Waals surface area contributed by atoms with Gasteiger partial charge in [0.1, 0.15) is 0 Å². The highest BCUT2D eigenvalue weighted by Crippen LogP contribution is 2.16. The molecule has 0 aliphatic rings. The Bertz CT molecular complexity index is 259. The van der Waals surface area contributed by atoms with Crippen LogP contribution in [0.25, 0.3) is 0 Å². The number of hydrogen-bond donors (Lipinski definition) is 2. The molecule has 1 aromatic heterocycles. The number of nitrogens with zero attached hydrogens (tertiary/aromatic N) is 2. The maximum absolute atomic E-state index is 5.49. The van der Waals surface area contributed by atoms with Crippen LogP contribution in [0.2, 0.25) is 0 Å². The van der Waals surface area contributed by atoms with E-state index in [4.69, 9.17) is 5.73 Å². The first-order chi connectivity index (χ1) is 6.72. The van der Waals surface area contributed by atoms with E-state index < -0.39 is 0 Å². The van der Waals surface area contributed by atoms with Gasteiger partial charge >= 0.3 is 0 Å². The lowest BCUT2D eigenvalue weighted by molar-refractivity contribution is 0.405. The fraction of sp³-hybridized carbons (Fsp3) is 0.667. The largest absolute Gasteiger partial charge is 0.361 e. The van der Waals surface area contributed by atoms with E-state index in [2.05, 4.69) is 29.3 Å². The van der Waals surface area contributed by atoms with Crippen molar-refractivity contribution < 1.29 is 0 Å². The summed E-state index contributed by atoms with van der Waals surface area (Å²) >= 11 is 1.63. The van der Waals surface area contributed by atoms with Crippen LogP contribution in [0.5, 0.6) is 0 Å². The first-order valence-corrected chi connectivity index (χ1v) is 5.57. The number of hydrogen-bond acceptors (Lipinski definition) is 5. The summed E-state index contributed by atoms with van der Waals surface area (Å²) in [6, 6.07) is 0. The van der Waals surface area contributed by atoms with E-state index in [1.54, 1.807) is 11.3 Å². The fourth-order valence-electron chi connectivity index (χ4n) is 1.07. The standard InChI is InChI=1S/C9H18N4S/c1-13(2)5-3-4-11-9-12-7-8(6-10)14-9/h7H,3-6,10H2,1-2H3,(H,11,12). The van der Waals surface area contributed by atoms with Crippen molar-refractivity contribution in [3.8, 4) is 0 Å². The highest BCUT2D eigenvalue weighted by Gasteiger charge is 1.98. The van der Waals surface area contributed by atoms with Gasteiger partial charge in [-0.25, -0.2) is 4.98 Å².